The van der Waals surface area contributed by atoms with E-state index in [1.165, 1.54) is 18.7 Å². The summed E-state index contributed by atoms with van der Waals surface area (Å²) in [6.45, 7) is 2.10. The number of rotatable bonds is 2. The third kappa shape index (κ3) is 2.47. The fourth-order valence-electron chi connectivity index (χ4n) is 2.37. The molecule has 1 fully saturated rings. The normalized spacial score (nSPS) is 19.0. The molecule has 3 rings (SSSR count). The number of H-pyrrole nitrogens is 1. The number of anilines is 1. The molecule has 1 amide bonds. The average molecular weight is 354 g/mol. The van der Waals surface area contributed by atoms with Gasteiger partial charge in [-0.3, -0.25) is 14.7 Å². The number of halogens is 1. The van der Waals surface area contributed by atoms with E-state index in [0.717, 1.165) is 21.2 Å². The number of nitrogens with zero attached hydrogens (tertiary/aromatic N) is 2. The van der Waals surface area contributed by atoms with Crippen LogP contribution < -0.4 is 4.90 Å². The van der Waals surface area contributed by atoms with Gasteiger partial charge in [0.05, 0.1) is 5.52 Å². The molecule has 1 N–H and O–H groups in total. The second-order valence-electron chi connectivity index (χ2n) is 4.68. The monoisotopic (exact) mass is 353 g/mol. The standard InChI is InChI=1S/C13H12BrN3O2S/c1-7(18)20-9-5-12(19)17(6-9)8-2-3-10-11(4-8)15-16-13(10)14/h2-4,9H,5-6H2,1H3,(H,15,16). The summed E-state index contributed by atoms with van der Waals surface area (Å²) in [5.41, 5.74) is 1.64. The molecular formula is C13H12BrN3O2S. The lowest BCUT2D eigenvalue weighted by molar-refractivity contribution is -0.117. The molecule has 1 aromatic carbocycles. The molecule has 0 bridgehead atoms. The molecule has 1 aliphatic rings. The first-order valence-electron chi connectivity index (χ1n) is 6.16. The Hall–Kier alpha value is -1.34. The van der Waals surface area contributed by atoms with Crippen molar-refractivity contribution in [1.82, 2.24) is 10.2 Å². The molecule has 0 saturated carbocycles. The summed E-state index contributed by atoms with van der Waals surface area (Å²) in [6, 6.07) is 5.72. The van der Waals surface area contributed by atoms with Crippen molar-refractivity contribution in [2.45, 2.75) is 18.6 Å². The van der Waals surface area contributed by atoms with Crippen LogP contribution in [0, 0.1) is 0 Å². The van der Waals surface area contributed by atoms with Gasteiger partial charge in [-0.25, -0.2) is 0 Å². The van der Waals surface area contributed by atoms with Crippen LogP contribution in [-0.2, 0) is 9.59 Å². The number of benzene rings is 1. The lowest BCUT2D eigenvalue weighted by Gasteiger charge is -2.16. The van der Waals surface area contributed by atoms with Gasteiger partial charge < -0.3 is 4.90 Å². The highest BCUT2D eigenvalue weighted by Gasteiger charge is 2.32. The zero-order chi connectivity index (χ0) is 14.3. The first-order chi connectivity index (χ1) is 9.54. The quantitative estimate of drug-likeness (QED) is 0.901. The van der Waals surface area contributed by atoms with Gasteiger partial charge in [0.15, 0.2) is 5.12 Å². The second kappa shape index (κ2) is 5.21. The van der Waals surface area contributed by atoms with Gasteiger partial charge in [-0.1, -0.05) is 11.8 Å². The number of hydrogen-bond donors (Lipinski definition) is 1. The second-order valence-corrected chi connectivity index (χ2v) is 6.95. The van der Waals surface area contributed by atoms with Gasteiger partial charge in [-0.15, -0.1) is 0 Å². The molecule has 1 aliphatic heterocycles. The van der Waals surface area contributed by atoms with Crippen LogP contribution >= 0.6 is 27.7 Å². The average Bonchev–Trinajstić information content (AvgIpc) is 2.92. The molecule has 1 atom stereocenters. The Labute approximate surface area is 128 Å². The van der Waals surface area contributed by atoms with Crippen molar-refractivity contribution in [3.63, 3.8) is 0 Å². The maximum Gasteiger partial charge on any atom is 0.228 e. The third-order valence-electron chi connectivity index (χ3n) is 3.23. The summed E-state index contributed by atoms with van der Waals surface area (Å²) >= 11 is 4.63. The summed E-state index contributed by atoms with van der Waals surface area (Å²) in [7, 11) is 0. The van der Waals surface area contributed by atoms with Gasteiger partial charge in [0.2, 0.25) is 5.91 Å². The van der Waals surface area contributed by atoms with E-state index in [2.05, 4.69) is 26.1 Å². The first-order valence-corrected chi connectivity index (χ1v) is 7.83. The summed E-state index contributed by atoms with van der Waals surface area (Å²) < 4.78 is 0.830. The molecule has 7 heteroatoms. The summed E-state index contributed by atoms with van der Waals surface area (Å²) in [5.74, 6) is 0.0534. The maximum absolute atomic E-state index is 12.1. The van der Waals surface area contributed by atoms with Crippen LogP contribution in [0.4, 0.5) is 5.69 Å². The molecule has 104 valence electrons. The van der Waals surface area contributed by atoms with E-state index in [1.807, 2.05) is 18.2 Å². The fourth-order valence-corrected chi connectivity index (χ4v) is 3.72. The molecule has 20 heavy (non-hydrogen) atoms. The van der Waals surface area contributed by atoms with Crippen LogP contribution in [0.5, 0.6) is 0 Å². The molecule has 0 aliphatic carbocycles. The van der Waals surface area contributed by atoms with E-state index >= 15 is 0 Å². The Kier molecular flexibility index (Phi) is 3.55. The number of carbonyl (C=O) groups is 2. The number of hydrogen-bond acceptors (Lipinski definition) is 4. The molecule has 1 aromatic heterocycles. The van der Waals surface area contributed by atoms with Crippen LogP contribution in [0.2, 0.25) is 0 Å². The van der Waals surface area contributed by atoms with Crippen LogP contribution in [-0.4, -0.2) is 33.0 Å². The largest absolute Gasteiger partial charge is 0.311 e. The first kappa shape index (κ1) is 13.6. The van der Waals surface area contributed by atoms with Crippen molar-refractivity contribution >= 4 is 55.3 Å². The SMILES string of the molecule is CC(=O)SC1CC(=O)N(c2ccc3c(Br)[nH]nc3c2)C1. The highest BCUT2D eigenvalue weighted by atomic mass is 79.9. The van der Waals surface area contributed by atoms with Crippen molar-refractivity contribution < 1.29 is 9.59 Å². The number of amides is 1. The van der Waals surface area contributed by atoms with Crippen molar-refractivity contribution in [3.05, 3.63) is 22.8 Å². The summed E-state index contributed by atoms with van der Waals surface area (Å²) in [5, 5.41) is 8.11. The van der Waals surface area contributed by atoms with Crippen LogP contribution in [0.3, 0.4) is 0 Å². The summed E-state index contributed by atoms with van der Waals surface area (Å²) in [4.78, 5) is 24.9. The zero-order valence-electron chi connectivity index (χ0n) is 10.7. The van der Waals surface area contributed by atoms with E-state index in [9.17, 15) is 9.59 Å². The van der Waals surface area contributed by atoms with Gasteiger partial charge in [0.1, 0.15) is 4.60 Å². The number of carbonyl (C=O) groups excluding carboxylic acids is 2. The number of aromatic nitrogens is 2. The number of thioether (sulfide) groups is 1. The van der Waals surface area contributed by atoms with Crippen molar-refractivity contribution in [1.29, 1.82) is 0 Å². The minimum absolute atomic E-state index is 0.0432. The molecule has 5 nitrogen and oxygen atoms in total. The van der Waals surface area contributed by atoms with Crippen molar-refractivity contribution in [2.24, 2.45) is 0 Å². The van der Waals surface area contributed by atoms with Gasteiger partial charge in [0.25, 0.3) is 0 Å². The molecule has 2 aromatic rings. The molecule has 1 saturated heterocycles. The van der Waals surface area contributed by atoms with E-state index in [4.69, 9.17) is 0 Å². The predicted octanol–water partition coefficient (Wildman–Crippen LogP) is 2.71. The van der Waals surface area contributed by atoms with Gasteiger partial charge in [-0.2, -0.15) is 5.10 Å². The Morgan fingerprint density at radius 2 is 2.35 bits per heavy atom. The highest BCUT2D eigenvalue weighted by Crippen LogP contribution is 2.31. The Morgan fingerprint density at radius 3 is 3.10 bits per heavy atom. The number of aromatic amines is 1. The highest BCUT2D eigenvalue weighted by molar-refractivity contribution is 9.10. The molecule has 0 spiro atoms. The minimum atomic E-state index is 0.0432. The molecule has 0 radical (unpaired) electrons. The fraction of sp³-hybridized carbons (Fsp3) is 0.308. The number of nitrogens with one attached hydrogen (secondary N) is 1. The van der Waals surface area contributed by atoms with Crippen LogP contribution in [0.15, 0.2) is 22.8 Å². The lowest BCUT2D eigenvalue weighted by atomic mass is 10.2. The zero-order valence-corrected chi connectivity index (χ0v) is 13.1. The Balaban J connectivity index is 1.87. The third-order valence-corrected chi connectivity index (χ3v) is 4.81. The van der Waals surface area contributed by atoms with Crippen molar-refractivity contribution in [3.8, 4) is 0 Å². The van der Waals surface area contributed by atoms with E-state index in [-0.39, 0.29) is 16.3 Å². The molecular weight excluding hydrogens is 342 g/mol. The molecule has 1 unspecified atom stereocenters. The van der Waals surface area contributed by atoms with E-state index < -0.39 is 0 Å². The summed E-state index contributed by atoms with van der Waals surface area (Å²) in [6.07, 6.45) is 0.409. The van der Waals surface area contributed by atoms with Crippen LogP contribution in [0.1, 0.15) is 13.3 Å². The van der Waals surface area contributed by atoms with Gasteiger partial charge in [0, 0.05) is 36.2 Å². The van der Waals surface area contributed by atoms with E-state index in [1.54, 1.807) is 4.90 Å². The minimum Gasteiger partial charge on any atom is -0.311 e. The number of fused-ring (bicyclic) bond motifs is 1. The molecule has 2 heterocycles. The van der Waals surface area contributed by atoms with Crippen LogP contribution in [0.25, 0.3) is 10.9 Å². The Morgan fingerprint density at radius 1 is 1.55 bits per heavy atom. The van der Waals surface area contributed by atoms with Gasteiger partial charge >= 0.3 is 0 Å². The Bertz CT molecular complexity index is 700. The topological polar surface area (TPSA) is 66.1 Å². The lowest BCUT2D eigenvalue weighted by Crippen LogP contribution is -2.24. The predicted molar refractivity (Wildman–Crippen MR) is 82.8 cm³/mol. The smallest absolute Gasteiger partial charge is 0.228 e. The van der Waals surface area contributed by atoms with Crippen molar-refractivity contribution in [2.75, 3.05) is 11.4 Å². The maximum atomic E-state index is 12.1. The van der Waals surface area contributed by atoms with E-state index in [0.29, 0.717) is 13.0 Å². The van der Waals surface area contributed by atoms with Gasteiger partial charge in [-0.05, 0) is 34.1 Å².